The molecule has 0 radical (unpaired) electrons. The van der Waals surface area contributed by atoms with E-state index in [1.54, 1.807) is 6.07 Å². The number of carbonyl (C=O) groups excluding carboxylic acids is 2. The normalized spacial score (nSPS) is 18.5. The van der Waals surface area contributed by atoms with Crippen LogP contribution in [0.2, 0.25) is 0 Å². The van der Waals surface area contributed by atoms with Crippen molar-refractivity contribution in [3.05, 3.63) is 54.0 Å². The summed E-state index contributed by atoms with van der Waals surface area (Å²) in [6.07, 6.45) is 3.88. The van der Waals surface area contributed by atoms with Crippen LogP contribution in [0.3, 0.4) is 0 Å². The van der Waals surface area contributed by atoms with Crippen molar-refractivity contribution in [1.82, 2.24) is 14.9 Å². The van der Waals surface area contributed by atoms with Gasteiger partial charge in [-0.3, -0.25) is 4.79 Å². The lowest BCUT2D eigenvalue weighted by Crippen LogP contribution is -2.42. The summed E-state index contributed by atoms with van der Waals surface area (Å²) in [5.41, 5.74) is 1.47. The van der Waals surface area contributed by atoms with E-state index in [0.29, 0.717) is 13.0 Å². The van der Waals surface area contributed by atoms with Gasteiger partial charge in [0.15, 0.2) is 5.69 Å². The van der Waals surface area contributed by atoms with Crippen LogP contribution in [0.5, 0.6) is 0 Å². The zero-order valence-electron chi connectivity index (χ0n) is 16.0. The third kappa shape index (κ3) is 3.69. The van der Waals surface area contributed by atoms with Crippen molar-refractivity contribution in [1.29, 1.82) is 0 Å². The summed E-state index contributed by atoms with van der Waals surface area (Å²) >= 11 is 0. The summed E-state index contributed by atoms with van der Waals surface area (Å²) < 4.78 is 4.74. The largest absolute Gasteiger partial charge is 0.464 e. The van der Waals surface area contributed by atoms with Crippen LogP contribution in [0.25, 0.3) is 0 Å². The number of rotatable bonds is 4. The van der Waals surface area contributed by atoms with E-state index in [1.807, 2.05) is 23.1 Å². The lowest BCUT2D eigenvalue weighted by Gasteiger charge is -2.39. The topological polar surface area (TPSA) is 75.6 Å². The number of aromatic nitrogens is 2. The Morgan fingerprint density at radius 2 is 1.93 bits per heavy atom. The van der Waals surface area contributed by atoms with Gasteiger partial charge >= 0.3 is 5.97 Å². The van der Waals surface area contributed by atoms with E-state index in [-0.39, 0.29) is 17.0 Å². The van der Waals surface area contributed by atoms with Gasteiger partial charge in [-0.25, -0.2) is 14.8 Å². The molecule has 1 aromatic heterocycles. The monoisotopic (exact) mass is 380 g/mol. The fourth-order valence-corrected chi connectivity index (χ4v) is 4.21. The molecule has 0 bridgehead atoms. The average molecular weight is 380 g/mol. The Balaban J connectivity index is 1.40. The number of hydrogen-bond acceptors (Lipinski definition) is 6. The minimum absolute atomic E-state index is 0.0422. The highest BCUT2D eigenvalue weighted by molar-refractivity contribution is 5.87. The summed E-state index contributed by atoms with van der Waals surface area (Å²) in [6.45, 7) is 3.11. The first kappa shape index (κ1) is 18.4. The number of esters is 1. The highest BCUT2D eigenvalue weighted by Crippen LogP contribution is 2.42. The molecule has 1 amide bonds. The van der Waals surface area contributed by atoms with Gasteiger partial charge in [-0.05, 0) is 18.4 Å². The molecule has 2 aliphatic heterocycles. The summed E-state index contributed by atoms with van der Waals surface area (Å²) in [6, 6.07) is 11.8. The van der Waals surface area contributed by atoms with Gasteiger partial charge < -0.3 is 14.5 Å². The molecule has 0 unspecified atom stereocenters. The van der Waals surface area contributed by atoms with Gasteiger partial charge in [-0.1, -0.05) is 30.3 Å². The predicted molar refractivity (Wildman–Crippen MR) is 104 cm³/mol. The number of anilines is 1. The number of ether oxygens (including phenoxy) is 1. The highest BCUT2D eigenvalue weighted by Gasteiger charge is 2.44. The summed E-state index contributed by atoms with van der Waals surface area (Å²) in [5, 5.41) is 0. The fourth-order valence-electron chi connectivity index (χ4n) is 4.21. The second kappa shape index (κ2) is 7.58. The maximum absolute atomic E-state index is 12.6. The van der Waals surface area contributed by atoms with Gasteiger partial charge in [-0.15, -0.1) is 0 Å². The van der Waals surface area contributed by atoms with Crippen molar-refractivity contribution in [2.75, 3.05) is 31.6 Å². The molecule has 2 aromatic rings. The van der Waals surface area contributed by atoms with E-state index in [9.17, 15) is 9.59 Å². The van der Waals surface area contributed by atoms with Crippen LogP contribution in [0.15, 0.2) is 42.7 Å². The molecular formula is C21H24N4O3. The van der Waals surface area contributed by atoms with Crippen LogP contribution in [-0.4, -0.2) is 53.5 Å². The summed E-state index contributed by atoms with van der Waals surface area (Å²) in [5.74, 6) is 0.512. The predicted octanol–water partition coefficient (Wildman–Crippen LogP) is 2.28. The zero-order valence-corrected chi connectivity index (χ0v) is 16.0. The molecule has 7 nitrogen and oxygen atoms in total. The molecule has 2 fully saturated rings. The van der Waals surface area contributed by atoms with Crippen LogP contribution >= 0.6 is 0 Å². The highest BCUT2D eigenvalue weighted by atomic mass is 16.5. The first-order valence-corrected chi connectivity index (χ1v) is 9.56. The second-order valence-corrected chi connectivity index (χ2v) is 7.65. The first-order chi connectivity index (χ1) is 13.6. The number of benzene rings is 1. The second-order valence-electron chi connectivity index (χ2n) is 7.65. The Labute approximate surface area is 164 Å². The Bertz CT molecular complexity index is 863. The number of amides is 1. The van der Waals surface area contributed by atoms with Crippen LogP contribution in [0, 0.1) is 5.41 Å². The van der Waals surface area contributed by atoms with Crippen LogP contribution in [0.1, 0.15) is 35.3 Å². The Morgan fingerprint density at radius 3 is 2.64 bits per heavy atom. The lowest BCUT2D eigenvalue weighted by molar-refractivity contribution is -0.128. The first-order valence-electron chi connectivity index (χ1n) is 9.56. The van der Waals surface area contributed by atoms with Crippen LogP contribution in [0.4, 0.5) is 5.82 Å². The standard InChI is InChI=1S/C21H24N4O3/c1-28-20(27)17-11-18(23-15-22-17)24-9-7-21(8-10-24)12-19(26)25(14-21)13-16-5-3-2-4-6-16/h2-6,11,15H,7-10,12-14H2,1H3. The minimum atomic E-state index is -0.463. The molecule has 3 heterocycles. The quantitative estimate of drug-likeness (QED) is 0.758. The molecule has 2 aliphatic rings. The van der Waals surface area contributed by atoms with Crippen molar-refractivity contribution in [2.24, 2.45) is 5.41 Å². The van der Waals surface area contributed by atoms with E-state index in [0.717, 1.165) is 38.3 Å². The number of hydrogen-bond donors (Lipinski definition) is 0. The molecule has 4 rings (SSSR count). The molecule has 2 saturated heterocycles. The van der Waals surface area contributed by atoms with Gasteiger partial charge in [0.25, 0.3) is 0 Å². The SMILES string of the molecule is COC(=O)c1cc(N2CCC3(CC2)CC(=O)N(Cc2ccccc2)C3)ncn1. The molecule has 146 valence electrons. The van der Waals surface area contributed by atoms with Crippen LogP contribution < -0.4 is 4.90 Å². The fraction of sp³-hybridized carbons (Fsp3) is 0.429. The van der Waals surface area contributed by atoms with E-state index in [2.05, 4.69) is 27.0 Å². The van der Waals surface area contributed by atoms with Crippen molar-refractivity contribution in [3.63, 3.8) is 0 Å². The third-order valence-electron chi connectivity index (χ3n) is 5.82. The van der Waals surface area contributed by atoms with Crippen molar-refractivity contribution in [2.45, 2.75) is 25.8 Å². The molecule has 0 aliphatic carbocycles. The van der Waals surface area contributed by atoms with Gasteiger partial charge in [0.1, 0.15) is 12.1 Å². The Kier molecular flexibility index (Phi) is 4.98. The minimum Gasteiger partial charge on any atom is -0.464 e. The van der Waals surface area contributed by atoms with Crippen molar-refractivity contribution >= 4 is 17.7 Å². The maximum Gasteiger partial charge on any atom is 0.356 e. The Morgan fingerprint density at radius 1 is 1.18 bits per heavy atom. The number of piperidine rings is 1. The summed E-state index contributed by atoms with van der Waals surface area (Å²) in [7, 11) is 1.34. The number of nitrogens with zero attached hydrogens (tertiary/aromatic N) is 4. The molecule has 28 heavy (non-hydrogen) atoms. The van der Waals surface area contributed by atoms with E-state index in [4.69, 9.17) is 4.74 Å². The summed E-state index contributed by atoms with van der Waals surface area (Å²) in [4.78, 5) is 36.7. The van der Waals surface area contributed by atoms with Gasteiger partial charge in [0.2, 0.25) is 5.91 Å². The molecule has 1 spiro atoms. The third-order valence-corrected chi connectivity index (χ3v) is 5.82. The molecule has 0 saturated carbocycles. The van der Waals surface area contributed by atoms with E-state index in [1.165, 1.54) is 19.0 Å². The van der Waals surface area contributed by atoms with Gasteiger partial charge in [0.05, 0.1) is 7.11 Å². The van der Waals surface area contributed by atoms with E-state index >= 15 is 0 Å². The number of carbonyl (C=O) groups is 2. The van der Waals surface area contributed by atoms with Gasteiger partial charge in [-0.2, -0.15) is 0 Å². The molecule has 7 heteroatoms. The van der Waals surface area contributed by atoms with Crippen LogP contribution in [-0.2, 0) is 16.1 Å². The smallest absolute Gasteiger partial charge is 0.356 e. The molecule has 0 atom stereocenters. The molecule has 1 aromatic carbocycles. The molecular weight excluding hydrogens is 356 g/mol. The average Bonchev–Trinajstić information content (AvgIpc) is 3.03. The number of likely N-dealkylation sites (tertiary alicyclic amines) is 1. The number of methoxy groups -OCH3 is 1. The maximum atomic E-state index is 12.6. The van der Waals surface area contributed by atoms with E-state index < -0.39 is 5.97 Å². The molecule has 0 N–H and O–H groups in total. The van der Waals surface area contributed by atoms with Crippen molar-refractivity contribution < 1.29 is 14.3 Å². The Hall–Kier alpha value is -2.96. The van der Waals surface area contributed by atoms with Crippen molar-refractivity contribution in [3.8, 4) is 0 Å². The van der Waals surface area contributed by atoms with Gasteiger partial charge in [0, 0.05) is 44.1 Å². The lowest BCUT2D eigenvalue weighted by atomic mass is 9.77. The zero-order chi connectivity index (χ0) is 19.6.